The van der Waals surface area contributed by atoms with Crippen molar-refractivity contribution < 1.29 is 13.9 Å². The molecular formula is C22H24BrFN4O3. The van der Waals surface area contributed by atoms with Crippen LogP contribution in [-0.4, -0.2) is 38.0 Å². The summed E-state index contributed by atoms with van der Waals surface area (Å²) in [7, 11) is 1.67. The van der Waals surface area contributed by atoms with Gasteiger partial charge in [-0.3, -0.25) is 0 Å². The summed E-state index contributed by atoms with van der Waals surface area (Å²) in [6.45, 7) is 5.97. The number of hydrogen-bond acceptors (Lipinski definition) is 4. The maximum absolute atomic E-state index is 13.5. The zero-order valence-electron chi connectivity index (χ0n) is 17.8. The first-order valence-electron chi connectivity index (χ1n) is 9.65. The minimum Gasteiger partial charge on any atom is -0.444 e. The van der Waals surface area contributed by atoms with E-state index >= 15 is 0 Å². The molecule has 0 saturated heterocycles. The summed E-state index contributed by atoms with van der Waals surface area (Å²) in [5.41, 5.74) is 1.25. The third kappa shape index (κ3) is 5.81. The molecule has 3 aromatic rings. The van der Waals surface area contributed by atoms with E-state index < -0.39 is 11.7 Å². The van der Waals surface area contributed by atoms with E-state index in [0.717, 1.165) is 5.56 Å². The van der Waals surface area contributed by atoms with Crippen LogP contribution in [0.25, 0.3) is 5.69 Å². The minimum absolute atomic E-state index is 0.142. The molecule has 0 fully saturated rings. The molecular weight excluding hydrogens is 467 g/mol. The molecule has 0 unspecified atom stereocenters. The zero-order chi connectivity index (χ0) is 22.8. The predicted molar refractivity (Wildman–Crippen MR) is 119 cm³/mol. The monoisotopic (exact) mass is 490 g/mol. The van der Waals surface area contributed by atoms with E-state index in [1.807, 2.05) is 32.9 Å². The third-order valence-electron chi connectivity index (χ3n) is 4.40. The number of carbonyl (C=O) groups is 1. The molecule has 0 N–H and O–H groups in total. The van der Waals surface area contributed by atoms with Gasteiger partial charge >= 0.3 is 11.8 Å². The summed E-state index contributed by atoms with van der Waals surface area (Å²) < 4.78 is 22.2. The molecule has 9 heteroatoms. The van der Waals surface area contributed by atoms with Crippen LogP contribution >= 0.6 is 15.9 Å². The number of ether oxygens (including phenoxy) is 1. The highest BCUT2D eigenvalue weighted by atomic mass is 79.9. The first kappa shape index (κ1) is 22.7. The molecule has 31 heavy (non-hydrogen) atoms. The smallest absolute Gasteiger partial charge is 0.410 e. The highest BCUT2D eigenvalue weighted by molar-refractivity contribution is 9.10. The molecule has 0 aliphatic heterocycles. The molecule has 0 spiro atoms. The fourth-order valence-electron chi connectivity index (χ4n) is 2.89. The van der Waals surface area contributed by atoms with Crippen molar-refractivity contribution >= 4 is 22.0 Å². The van der Waals surface area contributed by atoms with E-state index in [9.17, 15) is 14.0 Å². The van der Waals surface area contributed by atoms with Gasteiger partial charge in [-0.15, -0.1) is 0 Å². The van der Waals surface area contributed by atoms with E-state index in [2.05, 4.69) is 21.0 Å². The Balaban J connectivity index is 1.72. The normalized spacial score (nSPS) is 11.4. The Morgan fingerprint density at radius 2 is 1.87 bits per heavy atom. The summed E-state index contributed by atoms with van der Waals surface area (Å²) in [5.74, 6) is -0.377. The van der Waals surface area contributed by atoms with Gasteiger partial charge in [-0.25, -0.2) is 23.2 Å². The molecule has 164 valence electrons. The van der Waals surface area contributed by atoms with Crippen LogP contribution < -0.4 is 5.69 Å². The van der Waals surface area contributed by atoms with Crippen LogP contribution in [0.15, 0.2) is 58.1 Å². The van der Waals surface area contributed by atoms with E-state index in [0.29, 0.717) is 22.3 Å². The maximum Gasteiger partial charge on any atom is 0.410 e. The van der Waals surface area contributed by atoms with Crippen LogP contribution in [0.5, 0.6) is 0 Å². The average Bonchev–Trinajstić information content (AvgIpc) is 3.04. The second-order valence-corrected chi connectivity index (χ2v) is 9.03. The lowest BCUT2D eigenvalue weighted by Gasteiger charge is -2.24. The van der Waals surface area contributed by atoms with Gasteiger partial charge in [0.2, 0.25) is 0 Å². The first-order valence-corrected chi connectivity index (χ1v) is 10.4. The second-order valence-electron chi connectivity index (χ2n) is 8.18. The highest BCUT2D eigenvalue weighted by Crippen LogP contribution is 2.18. The highest BCUT2D eigenvalue weighted by Gasteiger charge is 2.19. The van der Waals surface area contributed by atoms with Gasteiger partial charge in [-0.1, -0.05) is 28.1 Å². The Morgan fingerprint density at radius 3 is 2.52 bits per heavy atom. The first-order chi connectivity index (χ1) is 14.5. The topological polar surface area (TPSA) is 69.4 Å². The van der Waals surface area contributed by atoms with E-state index in [-0.39, 0.29) is 18.1 Å². The van der Waals surface area contributed by atoms with Crippen LogP contribution in [0, 0.1) is 5.82 Å². The number of benzene rings is 2. The Kier molecular flexibility index (Phi) is 6.64. The van der Waals surface area contributed by atoms with Gasteiger partial charge in [0, 0.05) is 18.1 Å². The van der Waals surface area contributed by atoms with Crippen LogP contribution in [0.3, 0.4) is 0 Å². The Hall–Kier alpha value is -2.94. The van der Waals surface area contributed by atoms with Gasteiger partial charge in [0.05, 0.1) is 12.2 Å². The molecule has 1 amide bonds. The SMILES string of the molecule is CN(Cc1ccc(-n2cnn(Cc3cc(F)ccc3Br)c2=O)cc1)C(=O)OC(C)(C)C. The summed E-state index contributed by atoms with van der Waals surface area (Å²) in [5, 5.41) is 4.14. The molecule has 0 atom stereocenters. The Bertz CT molecular complexity index is 1130. The second kappa shape index (κ2) is 9.05. The third-order valence-corrected chi connectivity index (χ3v) is 5.17. The van der Waals surface area contributed by atoms with Crippen molar-refractivity contribution in [3.05, 3.63) is 80.7 Å². The number of amides is 1. The van der Waals surface area contributed by atoms with E-state index in [1.54, 1.807) is 25.2 Å². The number of rotatable bonds is 5. The van der Waals surface area contributed by atoms with Gasteiger partial charge in [0.25, 0.3) is 0 Å². The largest absolute Gasteiger partial charge is 0.444 e. The quantitative estimate of drug-likeness (QED) is 0.532. The van der Waals surface area contributed by atoms with Crippen molar-refractivity contribution in [1.82, 2.24) is 19.2 Å². The average molecular weight is 491 g/mol. The number of halogens is 2. The van der Waals surface area contributed by atoms with Crippen molar-refractivity contribution in [1.29, 1.82) is 0 Å². The van der Waals surface area contributed by atoms with Gasteiger partial charge in [0.1, 0.15) is 17.7 Å². The van der Waals surface area contributed by atoms with Crippen molar-refractivity contribution in [2.24, 2.45) is 0 Å². The summed E-state index contributed by atoms with van der Waals surface area (Å²) in [6, 6.07) is 11.5. The lowest BCUT2D eigenvalue weighted by molar-refractivity contribution is 0.0285. The molecule has 0 aliphatic carbocycles. The van der Waals surface area contributed by atoms with E-state index in [4.69, 9.17) is 4.74 Å². The summed E-state index contributed by atoms with van der Waals surface area (Å²) >= 11 is 3.36. The van der Waals surface area contributed by atoms with Crippen LogP contribution in [-0.2, 0) is 17.8 Å². The van der Waals surface area contributed by atoms with Crippen molar-refractivity contribution in [3.63, 3.8) is 0 Å². The molecule has 0 bridgehead atoms. The molecule has 3 rings (SSSR count). The fraction of sp³-hybridized carbons (Fsp3) is 0.318. The predicted octanol–water partition coefficient (Wildman–Crippen LogP) is 4.35. The zero-order valence-corrected chi connectivity index (χ0v) is 19.4. The van der Waals surface area contributed by atoms with Crippen molar-refractivity contribution in [2.45, 2.75) is 39.5 Å². The molecule has 1 aromatic heterocycles. The number of aromatic nitrogens is 3. The van der Waals surface area contributed by atoms with Crippen LogP contribution in [0.1, 0.15) is 31.9 Å². The lowest BCUT2D eigenvalue weighted by atomic mass is 10.2. The number of nitrogens with zero attached hydrogens (tertiary/aromatic N) is 4. The molecule has 1 heterocycles. The molecule has 0 radical (unpaired) electrons. The molecule has 0 saturated carbocycles. The van der Waals surface area contributed by atoms with E-state index in [1.165, 1.54) is 32.6 Å². The summed E-state index contributed by atoms with van der Waals surface area (Å²) in [4.78, 5) is 26.3. The Morgan fingerprint density at radius 1 is 1.19 bits per heavy atom. The van der Waals surface area contributed by atoms with Crippen LogP contribution in [0.4, 0.5) is 9.18 Å². The number of carbonyl (C=O) groups excluding carboxylic acids is 1. The number of hydrogen-bond donors (Lipinski definition) is 0. The van der Waals surface area contributed by atoms with Gasteiger partial charge in [-0.2, -0.15) is 5.10 Å². The molecule has 2 aromatic carbocycles. The van der Waals surface area contributed by atoms with Crippen LogP contribution in [0.2, 0.25) is 0 Å². The van der Waals surface area contributed by atoms with Gasteiger partial charge in [-0.05, 0) is 62.2 Å². The van der Waals surface area contributed by atoms with Crippen molar-refractivity contribution in [3.8, 4) is 5.69 Å². The van der Waals surface area contributed by atoms with Gasteiger partial charge in [0.15, 0.2) is 0 Å². The minimum atomic E-state index is -0.558. The lowest BCUT2D eigenvalue weighted by Crippen LogP contribution is -2.33. The summed E-state index contributed by atoms with van der Waals surface area (Å²) in [6.07, 6.45) is 1.02. The van der Waals surface area contributed by atoms with Crippen molar-refractivity contribution in [2.75, 3.05) is 7.05 Å². The maximum atomic E-state index is 13.5. The molecule has 0 aliphatic rings. The Labute approximate surface area is 188 Å². The standard InChI is InChI=1S/C22H24BrFN4O3/c1-22(2,3)31-21(30)26(4)12-15-5-8-18(9-6-15)27-14-25-28(20(27)29)13-16-11-17(24)7-10-19(16)23/h5-11,14H,12-13H2,1-4H3. The molecule has 7 nitrogen and oxygen atoms in total. The fourth-order valence-corrected chi connectivity index (χ4v) is 3.26. The van der Waals surface area contributed by atoms with Gasteiger partial charge < -0.3 is 9.64 Å².